The number of carbonyl (C=O) groups excluding carboxylic acids is 1. The standard InChI is InChI=1S/C10H11F3N2O2/c1-3-5-4-6(8(16)14-2)9(17)15-7(5)10(11,12)13/h4H,3H2,1-2H3,(H,14,16)(H,15,17). The van der Waals surface area contributed by atoms with E-state index in [0.717, 1.165) is 6.07 Å². The Hall–Kier alpha value is -1.79. The van der Waals surface area contributed by atoms with Crippen LogP contribution in [0.25, 0.3) is 0 Å². The van der Waals surface area contributed by atoms with Crippen molar-refractivity contribution in [2.24, 2.45) is 0 Å². The van der Waals surface area contributed by atoms with E-state index in [2.05, 4.69) is 5.32 Å². The zero-order valence-electron chi connectivity index (χ0n) is 9.23. The van der Waals surface area contributed by atoms with Crippen molar-refractivity contribution < 1.29 is 18.0 Å². The van der Waals surface area contributed by atoms with Crippen molar-refractivity contribution in [1.29, 1.82) is 0 Å². The summed E-state index contributed by atoms with van der Waals surface area (Å²) in [6.45, 7) is 1.51. The van der Waals surface area contributed by atoms with Gasteiger partial charge in [-0.3, -0.25) is 9.59 Å². The first-order valence-electron chi connectivity index (χ1n) is 4.86. The number of aromatic nitrogens is 1. The Morgan fingerprint density at radius 3 is 2.47 bits per heavy atom. The highest BCUT2D eigenvalue weighted by Crippen LogP contribution is 2.29. The molecule has 2 N–H and O–H groups in total. The summed E-state index contributed by atoms with van der Waals surface area (Å²) in [5, 5.41) is 2.19. The molecule has 0 spiro atoms. The van der Waals surface area contributed by atoms with Gasteiger partial charge in [-0.05, 0) is 18.1 Å². The van der Waals surface area contributed by atoms with Crippen LogP contribution in [0.2, 0.25) is 0 Å². The Labute approximate surface area is 94.8 Å². The fourth-order valence-electron chi connectivity index (χ4n) is 1.41. The van der Waals surface area contributed by atoms with Crippen LogP contribution in [0.5, 0.6) is 0 Å². The van der Waals surface area contributed by atoms with Gasteiger partial charge in [0.1, 0.15) is 11.3 Å². The molecule has 1 heterocycles. The summed E-state index contributed by atoms with van der Waals surface area (Å²) in [7, 11) is 1.30. The van der Waals surface area contributed by atoms with E-state index in [-0.39, 0.29) is 17.5 Å². The molecule has 0 radical (unpaired) electrons. The minimum atomic E-state index is -4.63. The minimum Gasteiger partial charge on any atom is -0.355 e. The summed E-state index contributed by atoms with van der Waals surface area (Å²) in [6.07, 6.45) is -4.57. The van der Waals surface area contributed by atoms with Crippen molar-refractivity contribution >= 4 is 5.91 Å². The molecule has 0 saturated carbocycles. The lowest BCUT2D eigenvalue weighted by atomic mass is 10.1. The lowest BCUT2D eigenvalue weighted by Crippen LogP contribution is -2.29. The van der Waals surface area contributed by atoms with E-state index in [9.17, 15) is 22.8 Å². The molecular formula is C10H11F3N2O2. The SMILES string of the molecule is CCc1cc(C(=O)NC)c(=O)[nH]c1C(F)(F)F. The molecule has 1 aromatic heterocycles. The lowest BCUT2D eigenvalue weighted by Gasteiger charge is -2.12. The summed E-state index contributed by atoms with van der Waals surface area (Å²) in [4.78, 5) is 24.3. The van der Waals surface area contributed by atoms with Gasteiger partial charge in [-0.25, -0.2) is 0 Å². The van der Waals surface area contributed by atoms with Crippen LogP contribution >= 0.6 is 0 Å². The highest BCUT2D eigenvalue weighted by molar-refractivity contribution is 5.93. The maximum atomic E-state index is 12.6. The van der Waals surface area contributed by atoms with Gasteiger partial charge in [-0.2, -0.15) is 13.2 Å². The van der Waals surface area contributed by atoms with Crippen LogP contribution in [0.4, 0.5) is 13.2 Å². The summed E-state index contributed by atoms with van der Waals surface area (Å²) in [5.74, 6) is -0.713. The van der Waals surface area contributed by atoms with E-state index in [1.165, 1.54) is 14.0 Å². The number of H-pyrrole nitrogens is 1. The Morgan fingerprint density at radius 2 is 2.06 bits per heavy atom. The number of alkyl halides is 3. The van der Waals surface area contributed by atoms with Gasteiger partial charge < -0.3 is 10.3 Å². The molecule has 0 aliphatic rings. The van der Waals surface area contributed by atoms with Gasteiger partial charge >= 0.3 is 6.18 Å². The Bertz CT molecular complexity index is 491. The number of nitrogens with one attached hydrogen (secondary N) is 2. The highest BCUT2D eigenvalue weighted by Gasteiger charge is 2.35. The first-order chi connectivity index (χ1) is 7.81. The number of hydrogen-bond donors (Lipinski definition) is 2. The zero-order valence-corrected chi connectivity index (χ0v) is 9.23. The van der Waals surface area contributed by atoms with Crippen molar-refractivity contribution in [1.82, 2.24) is 10.3 Å². The number of rotatable bonds is 2. The largest absolute Gasteiger partial charge is 0.431 e. The van der Waals surface area contributed by atoms with Crippen LogP contribution in [0.1, 0.15) is 28.5 Å². The van der Waals surface area contributed by atoms with Crippen LogP contribution in [-0.4, -0.2) is 17.9 Å². The number of aryl methyl sites for hydroxylation is 1. The van der Waals surface area contributed by atoms with Crippen LogP contribution in [0, 0.1) is 0 Å². The fraction of sp³-hybridized carbons (Fsp3) is 0.400. The Balaban J connectivity index is 3.46. The van der Waals surface area contributed by atoms with Crippen molar-refractivity contribution in [2.45, 2.75) is 19.5 Å². The van der Waals surface area contributed by atoms with Gasteiger partial charge in [0, 0.05) is 7.05 Å². The van der Waals surface area contributed by atoms with Gasteiger partial charge in [0.15, 0.2) is 0 Å². The van der Waals surface area contributed by atoms with E-state index in [0.29, 0.717) is 0 Å². The molecule has 1 aromatic rings. The average molecular weight is 248 g/mol. The maximum absolute atomic E-state index is 12.6. The molecule has 94 valence electrons. The Kier molecular flexibility index (Phi) is 3.59. The van der Waals surface area contributed by atoms with E-state index < -0.39 is 23.3 Å². The predicted octanol–water partition coefficient (Wildman–Crippen LogP) is 1.32. The summed E-state index contributed by atoms with van der Waals surface area (Å²) in [6, 6.07) is 0.973. The van der Waals surface area contributed by atoms with E-state index in [4.69, 9.17) is 0 Å². The van der Waals surface area contributed by atoms with Crippen LogP contribution < -0.4 is 10.9 Å². The van der Waals surface area contributed by atoms with Gasteiger partial charge in [-0.15, -0.1) is 0 Å². The topological polar surface area (TPSA) is 62.0 Å². The zero-order chi connectivity index (χ0) is 13.2. The van der Waals surface area contributed by atoms with E-state index in [1.54, 1.807) is 4.98 Å². The predicted molar refractivity (Wildman–Crippen MR) is 54.8 cm³/mol. The third-order valence-corrected chi connectivity index (χ3v) is 2.26. The molecule has 0 aromatic carbocycles. The smallest absolute Gasteiger partial charge is 0.355 e. The molecule has 0 unspecified atom stereocenters. The number of aromatic amines is 1. The normalized spacial score (nSPS) is 11.4. The second-order valence-electron chi connectivity index (χ2n) is 3.34. The number of amides is 1. The molecule has 0 aliphatic heterocycles. The van der Waals surface area contributed by atoms with Gasteiger partial charge in [-0.1, -0.05) is 6.92 Å². The number of hydrogen-bond acceptors (Lipinski definition) is 2. The molecule has 0 saturated heterocycles. The minimum absolute atomic E-state index is 0.0651. The average Bonchev–Trinajstić information content (AvgIpc) is 2.26. The van der Waals surface area contributed by atoms with Crippen LogP contribution in [0.15, 0.2) is 10.9 Å². The van der Waals surface area contributed by atoms with Gasteiger partial charge in [0.2, 0.25) is 0 Å². The Morgan fingerprint density at radius 1 is 1.47 bits per heavy atom. The summed E-state index contributed by atoms with van der Waals surface area (Å²) < 4.78 is 37.7. The van der Waals surface area contributed by atoms with Crippen LogP contribution in [-0.2, 0) is 12.6 Å². The maximum Gasteiger partial charge on any atom is 0.431 e. The van der Waals surface area contributed by atoms with Gasteiger partial charge in [0.25, 0.3) is 11.5 Å². The quantitative estimate of drug-likeness (QED) is 0.829. The monoisotopic (exact) mass is 248 g/mol. The van der Waals surface area contributed by atoms with Crippen LogP contribution in [0.3, 0.4) is 0 Å². The van der Waals surface area contributed by atoms with Crippen molar-refractivity contribution in [3.05, 3.63) is 33.2 Å². The number of carbonyl (C=O) groups is 1. The molecule has 1 amide bonds. The third kappa shape index (κ3) is 2.66. The molecule has 0 fully saturated rings. The van der Waals surface area contributed by atoms with Gasteiger partial charge in [0.05, 0.1) is 0 Å². The summed E-state index contributed by atoms with van der Waals surface area (Å²) >= 11 is 0. The fourth-order valence-corrected chi connectivity index (χ4v) is 1.41. The molecule has 0 bridgehead atoms. The lowest BCUT2D eigenvalue weighted by molar-refractivity contribution is -0.141. The molecule has 0 atom stereocenters. The second kappa shape index (κ2) is 4.60. The second-order valence-corrected chi connectivity index (χ2v) is 3.34. The highest BCUT2D eigenvalue weighted by atomic mass is 19.4. The first kappa shape index (κ1) is 13.3. The molecule has 1 rings (SSSR count). The molecule has 17 heavy (non-hydrogen) atoms. The van der Waals surface area contributed by atoms with E-state index in [1.807, 2.05) is 0 Å². The molecule has 0 aliphatic carbocycles. The third-order valence-electron chi connectivity index (χ3n) is 2.26. The van der Waals surface area contributed by atoms with E-state index >= 15 is 0 Å². The molecule has 4 nitrogen and oxygen atoms in total. The van der Waals surface area contributed by atoms with Crippen molar-refractivity contribution in [2.75, 3.05) is 7.05 Å². The number of halogens is 3. The van der Waals surface area contributed by atoms with Crippen molar-refractivity contribution in [3.63, 3.8) is 0 Å². The summed E-state index contributed by atoms with van der Waals surface area (Å²) in [5.41, 5.74) is -2.58. The first-order valence-corrected chi connectivity index (χ1v) is 4.86. The number of pyridine rings is 1. The molecular weight excluding hydrogens is 237 g/mol. The van der Waals surface area contributed by atoms with Crippen molar-refractivity contribution in [3.8, 4) is 0 Å². The molecule has 7 heteroatoms.